The van der Waals surface area contributed by atoms with E-state index in [1.54, 1.807) is 0 Å². The van der Waals surface area contributed by atoms with E-state index in [1.165, 1.54) is 25.0 Å². The van der Waals surface area contributed by atoms with E-state index in [-0.39, 0.29) is 0 Å². The van der Waals surface area contributed by atoms with Gasteiger partial charge in [-0.1, -0.05) is 20.3 Å². The predicted octanol–water partition coefficient (Wildman–Crippen LogP) is 3.18. The molecule has 0 radical (unpaired) electrons. The lowest BCUT2D eigenvalue weighted by Gasteiger charge is -2.16. The molecule has 0 bridgehead atoms. The van der Waals surface area contributed by atoms with Gasteiger partial charge in [-0.2, -0.15) is 0 Å². The maximum absolute atomic E-state index is 3.63. The molecule has 0 saturated heterocycles. The van der Waals surface area contributed by atoms with Crippen LogP contribution >= 0.6 is 0 Å². The maximum atomic E-state index is 3.63. The monoisotopic (exact) mass is 208 g/mol. The van der Waals surface area contributed by atoms with Crippen LogP contribution in [0.5, 0.6) is 0 Å². The lowest BCUT2D eigenvalue weighted by molar-refractivity contribution is 0.454. The van der Waals surface area contributed by atoms with Crippen molar-refractivity contribution in [1.82, 2.24) is 9.88 Å². The van der Waals surface area contributed by atoms with E-state index >= 15 is 0 Å². The predicted molar refractivity (Wildman–Crippen MR) is 65.9 cm³/mol. The van der Waals surface area contributed by atoms with Crippen molar-refractivity contribution < 1.29 is 0 Å². The molecule has 86 valence electrons. The van der Waals surface area contributed by atoms with Crippen LogP contribution in [0.25, 0.3) is 0 Å². The van der Waals surface area contributed by atoms with Gasteiger partial charge < -0.3 is 9.88 Å². The second-order valence-corrected chi connectivity index (χ2v) is 4.06. The summed E-state index contributed by atoms with van der Waals surface area (Å²) in [5.74, 6) is 0. The minimum absolute atomic E-state index is 0.676. The zero-order valence-electron chi connectivity index (χ0n) is 10.3. The summed E-state index contributed by atoms with van der Waals surface area (Å²) in [6.07, 6.45) is 5.92. The van der Waals surface area contributed by atoms with Crippen molar-refractivity contribution in [2.45, 2.75) is 59.2 Å². The summed E-state index contributed by atoms with van der Waals surface area (Å²) >= 11 is 0. The fourth-order valence-corrected chi connectivity index (χ4v) is 1.97. The Morgan fingerprint density at radius 1 is 1.33 bits per heavy atom. The second kappa shape index (κ2) is 6.67. The van der Waals surface area contributed by atoms with Crippen molar-refractivity contribution in [2.24, 2.45) is 0 Å². The van der Waals surface area contributed by atoms with Gasteiger partial charge in [-0.25, -0.2) is 0 Å². The number of nitrogens with one attached hydrogen (secondary N) is 1. The third-order valence-corrected chi connectivity index (χ3v) is 2.97. The minimum atomic E-state index is 0.676. The minimum Gasteiger partial charge on any atom is -0.351 e. The van der Waals surface area contributed by atoms with Crippen LogP contribution in [0.1, 0.15) is 45.7 Å². The summed E-state index contributed by atoms with van der Waals surface area (Å²) in [6.45, 7) is 8.76. The molecule has 0 saturated carbocycles. The molecule has 1 aromatic heterocycles. The van der Waals surface area contributed by atoms with Gasteiger partial charge in [0.1, 0.15) is 0 Å². The zero-order chi connectivity index (χ0) is 11.1. The Morgan fingerprint density at radius 2 is 2.13 bits per heavy atom. The molecule has 1 heterocycles. The van der Waals surface area contributed by atoms with E-state index in [4.69, 9.17) is 0 Å². The van der Waals surface area contributed by atoms with Crippen LogP contribution in [-0.4, -0.2) is 10.6 Å². The third-order valence-electron chi connectivity index (χ3n) is 2.97. The number of aryl methyl sites for hydroxylation is 1. The van der Waals surface area contributed by atoms with Gasteiger partial charge >= 0.3 is 0 Å². The van der Waals surface area contributed by atoms with Crippen LogP contribution in [0.4, 0.5) is 0 Å². The first-order valence-electron chi connectivity index (χ1n) is 6.19. The van der Waals surface area contributed by atoms with Crippen molar-refractivity contribution in [2.75, 3.05) is 0 Å². The van der Waals surface area contributed by atoms with Crippen LogP contribution in [0, 0.1) is 0 Å². The maximum Gasteiger partial charge on any atom is 0.0361 e. The first-order chi connectivity index (χ1) is 7.31. The Hall–Kier alpha value is -0.760. The van der Waals surface area contributed by atoms with E-state index < -0.39 is 0 Å². The molecule has 0 aliphatic rings. The van der Waals surface area contributed by atoms with E-state index in [2.05, 4.69) is 49.0 Å². The van der Waals surface area contributed by atoms with Gasteiger partial charge in [0, 0.05) is 31.0 Å². The lowest BCUT2D eigenvalue weighted by Crippen LogP contribution is -2.28. The average Bonchev–Trinajstić information content (AvgIpc) is 2.71. The molecule has 1 rings (SSSR count). The molecule has 1 atom stereocenters. The van der Waals surface area contributed by atoms with Gasteiger partial charge in [0.15, 0.2) is 0 Å². The number of rotatable bonds is 7. The van der Waals surface area contributed by atoms with Gasteiger partial charge in [0.2, 0.25) is 0 Å². The quantitative estimate of drug-likeness (QED) is 0.728. The second-order valence-electron chi connectivity index (χ2n) is 4.06. The van der Waals surface area contributed by atoms with E-state index in [1.807, 2.05) is 0 Å². The molecule has 1 aromatic rings. The normalized spacial score (nSPS) is 13.0. The molecule has 0 amide bonds. The fourth-order valence-electron chi connectivity index (χ4n) is 1.97. The molecule has 0 aliphatic heterocycles. The van der Waals surface area contributed by atoms with Crippen LogP contribution in [-0.2, 0) is 13.1 Å². The molecule has 15 heavy (non-hydrogen) atoms. The van der Waals surface area contributed by atoms with Gasteiger partial charge in [-0.05, 0) is 31.9 Å². The smallest absolute Gasteiger partial charge is 0.0361 e. The van der Waals surface area contributed by atoms with Crippen molar-refractivity contribution in [3.8, 4) is 0 Å². The van der Waals surface area contributed by atoms with E-state index in [9.17, 15) is 0 Å². The highest BCUT2D eigenvalue weighted by Crippen LogP contribution is 2.05. The molecule has 0 aromatic carbocycles. The van der Waals surface area contributed by atoms with E-state index in [0.29, 0.717) is 6.04 Å². The van der Waals surface area contributed by atoms with Gasteiger partial charge in [0.05, 0.1) is 0 Å². The molecule has 0 aliphatic carbocycles. The summed E-state index contributed by atoms with van der Waals surface area (Å²) in [4.78, 5) is 0. The Kier molecular flexibility index (Phi) is 5.48. The SMILES string of the molecule is CCCC(CC)NCc1cccn1CC. The molecule has 0 fully saturated rings. The van der Waals surface area contributed by atoms with Gasteiger partial charge in [-0.15, -0.1) is 0 Å². The number of hydrogen-bond acceptors (Lipinski definition) is 1. The van der Waals surface area contributed by atoms with Crippen LogP contribution in [0.2, 0.25) is 0 Å². The molecule has 0 spiro atoms. The lowest BCUT2D eigenvalue weighted by atomic mass is 10.1. The fraction of sp³-hybridized carbons (Fsp3) is 0.692. The number of aromatic nitrogens is 1. The summed E-state index contributed by atoms with van der Waals surface area (Å²) in [6, 6.07) is 5.01. The van der Waals surface area contributed by atoms with Crippen molar-refractivity contribution in [1.29, 1.82) is 0 Å². The van der Waals surface area contributed by atoms with Crippen LogP contribution < -0.4 is 5.32 Å². The third kappa shape index (κ3) is 3.71. The molecular weight excluding hydrogens is 184 g/mol. The Morgan fingerprint density at radius 3 is 2.73 bits per heavy atom. The van der Waals surface area contributed by atoms with Crippen molar-refractivity contribution >= 4 is 0 Å². The summed E-state index contributed by atoms with van der Waals surface area (Å²) < 4.78 is 2.30. The first kappa shape index (κ1) is 12.3. The van der Waals surface area contributed by atoms with Gasteiger partial charge in [-0.3, -0.25) is 0 Å². The highest BCUT2D eigenvalue weighted by molar-refractivity contribution is 5.06. The van der Waals surface area contributed by atoms with Crippen LogP contribution in [0.3, 0.4) is 0 Å². The van der Waals surface area contributed by atoms with Crippen LogP contribution in [0.15, 0.2) is 18.3 Å². The largest absolute Gasteiger partial charge is 0.351 e. The summed E-state index contributed by atoms with van der Waals surface area (Å²) in [5.41, 5.74) is 1.40. The standard InChI is InChI=1S/C13H24N2/c1-4-8-12(5-2)14-11-13-9-7-10-15(13)6-3/h7,9-10,12,14H,4-6,8,11H2,1-3H3. The van der Waals surface area contributed by atoms with E-state index in [0.717, 1.165) is 13.1 Å². The Balaban J connectivity index is 2.41. The number of hydrogen-bond donors (Lipinski definition) is 1. The molecule has 1 unspecified atom stereocenters. The zero-order valence-corrected chi connectivity index (χ0v) is 10.3. The number of nitrogens with zero attached hydrogens (tertiary/aromatic N) is 1. The van der Waals surface area contributed by atoms with Crippen molar-refractivity contribution in [3.05, 3.63) is 24.0 Å². The highest BCUT2D eigenvalue weighted by Gasteiger charge is 2.05. The van der Waals surface area contributed by atoms with Gasteiger partial charge in [0.25, 0.3) is 0 Å². The molecule has 2 nitrogen and oxygen atoms in total. The summed E-state index contributed by atoms with van der Waals surface area (Å²) in [7, 11) is 0. The molecule has 1 N–H and O–H groups in total. The molecule has 2 heteroatoms. The molecular formula is C13H24N2. The highest BCUT2D eigenvalue weighted by atomic mass is 15.0. The summed E-state index contributed by atoms with van der Waals surface area (Å²) in [5, 5.41) is 3.63. The average molecular weight is 208 g/mol. The Labute approximate surface area is 93.7 Å². The Bertz CT molecular complexity index is 265. The topological polar surface area (TPSA) is 17.0 Å². The first-order valence-corrected chi connectivity index (χ1v) is 6.19. The van der Waals surface area contributed by atoms with Crippen molar-refractivity contribution in [3.63, 3.8) is 0 Å².